The van der Waals surface area contributed by atoms with E-state index < -0.39 is 0 Å². The molecular formula is C13H14ClNO2. The van der Waals surface area contributed by atoms with Crippen LogP contribution in [0, 0.1) is 11.3 Å². The van der Waals surface area contributed by atoms with Crippen LogP contribution in [0.15, 0.2) is 12.1 Å². The highest BCUT2D eigenvalue weighted by molar-refractivity contribution is 6.31. The Kier molecular flexibility index (Phi) is 4.99. The number of nitrogens with zero attached hydrogens (tertiary/aromatic N) is 1. The average molecular weight is 252 g/mol. The maximum Gasteiger partial charge on any atom is 0.310 e. The number of ether oxygens (including phenoxy) is 1. The zero-order valence-corrected chi connectivity index (χ0v) is 10.7. The first kappa shape index (κ1) is 13.5. The van der Waals surface area contributed by atoms with Crippen molar-refractivity contribution in [3.05, 3.63) is 33.8 Å². The average Bonchev–Trinajstić information content (AvgIpc) is 2.31. The van der Waals surface area contributed by atoms with Crippen LogP contribution in [-0.2, 0) is 22.4 Å². The summed E-state index contributed by atoms with van der Waals surface area (Å²) in [6.45, 7) is 4.03. The molecule has 0 aliphatic heterocycles. The third kappa shape index (κ3) is 3.21. The topological polar surface area (TPSA) is 50.1 Å². The fraction of sp³-hybridized carbons (Fsp3) is 0.385. The van der Waals surface area contributed by atoms with Crippen LogP contribution in [0.4, 0.5) is 0 Å². The lowest BCUT2D eigenvalue weighted by Crippen LogP contribution is -2.10. The molecule has 3 nitrogen and oxygen atoms in total. The molecule has 0 bridgehead atoms. The highest BCUT2D eigenvalue weighted by atomic mass is 35.5. The number of rotatable bonds is 4. The van der Waals surface area contributed by atoms with Crippen LogP contribution in [-0.4, -0.2) is 12.6 Å². The van der Waals surface area contributed by atoms with Gasteiger partial charge in [-0.2, -0.15) is 5.26 Å². The molecule has 1 aromatic carbocycles. The lowest BCUT2D eigenvalue weighted by Gasteiger charge is -2.09. The second-order valence-corrected chi connectivity index (χ2v) is 3.91. The van der Waals surface area contributed by atoms with Crippen molar-refractivity contribution in [2.24, 2.45) is 0 Å². The molecule has 0 atom stereocenters. The van der Waals surface area contributed by atoms with Crippen LogP contribution < -0.4 is 0 Å². The van der Waals surface area contributed by atoms with Crippen molar-refractivity contribution in [1.29, 1.82) is 5.26 Å². The summed E-state index contributed by atoms with van der Waals surface area (Å²) in [7, 11) is 0. The monoisotopic (exact) mass is 251 g/mol. The molecule has 0 aliphatic rings. The second kappa shape index (κ2) is 6.27. The molecule has 0 aromatic heterocycles. The van der Waals surface area contributed by atoms with Gasteiger partial charge in [0.15, 0.2) is 0 Å². The minimum absolute atomic E-state index is 0.0450. The number of aryl methyl sites for hydroxylation is 1. The Morgan fingerprint density at radius 1 is 1.47 bits per heavy atom. The first-order valence-corrected chi connectivity index (χ1v) is 5.87. The quantitative estimate of drug-likeness (QED) is 0.773. The molecule has 0 N–H and O–H groups in total. The second-order valence-electron chi connectivity index (χ2n) is 3.51. The zero-order valence-electron chi connectivity index (χ0n) is 9.92. The van der Waals surface area contributed by atoms with Crippen LogP contribution in [0.3, 0.4) is 0 Å². The third-order valence-corrected chi connectivity index (χ3v) is 2.82. The van der Waals surface area contributed by atoms with Crippen LogP contribution in [0.25, 0.3) is 0 Å². The van der Waals surface area contributed by atoms with E-state index in [1.807, 2.05) is 13.0 Å². The predicted octanol–water partition coefficient (Wildman–Crippen LogP) is 2.88. The smallest absolute Gasteiger partial charge is 0.310 e. The van der Waals surface area contributed by atoms with E-state index in [0.29, 0.717) is 22.8 Å². The highest BCUT2D eigenvalue weighted by Crippen LogP contribution is 2.24. The summed E-state index contributed by atoms with van der Waals surface area (Å²) in [4.78, 5) is 11.4. The van der Waals surface area contributed by atoms with Gasteiger partial charge >= 0.3 is 5.97 Å². The van der Waals surface area contributed by atoms with Crippen molar-refractivity contribution >= 4 is 17.6 Å². The number of nitriles is 1. The molecular weight excluding hydrogens is 238 g/mol. The lowest BCUT2D eigenvalue weighted by molar-refractivity contribution is -0.142. The molecule has 0 spiro atoms. The SMILES string of the molecule is CCOC(=O)Cc1c(Cl)ccc(CC)c1C#N. The van der Waals surface area contributed by atoms with E-state index in [-0.39, 0.29) is 12.4 Å². The Morgan fingerprint density at radius 2 is 2.18 bits per heavy atom. The minimum atomic E-state index is -0.362. The normalized spacial score (nSPS) is 9.76. The Hall–Kier alpha value is -1.53. The van der Waals surface area contributed by atoms with Gasteiger partial charge in [0.1, 0.15) is 0 Å². The van der Waals surface area contributed by atoms with E-state index in [4.69, 9.17) is 21.6 Å². The van der Waals surface area contributed by atoms with Crippen molar-refractivity contribution in [2.45, 2.75) is 26.7 Å². The summed E-state index contributed by atoms with van der Waals surface area (Å²) in [6, 6.07) is 5.64. The molecule has 0 radical (unpaired) electrons. The first-order valence-electron chi connectivity index (χ1n) is 5.50. The van der Waals surface area contributed by atoms with Gasteiger partial charge in [-0.3, -0.25) is 4.79 Å². The van der Waals surface area contributed by atoms with Gasteiger partial charge in [-0.25, -0.2) is 0 Å². The van der Waals surface area contributed by atoms with E-state index in [0.717, 1.165) is 12.0 Å². The third-order valence-electron chi connectivity index (χ3n) is 2.46. The molecule has 0 aliphatic carbocycles. The van der Waals surface area contributed by atoms with Crippen molar-refractivity contribution in [3.8, 4) is 6.07 Å². The standard InChI is InChI=1S/C13H14ClNO2/c1-3-9-5-6-12(14)10(11(9)8-15)7-13(16)17-4-2/h5-6H,3-4,7H2,1-2H3. The van der Waals surface area contributed by atoms with Gasteiger partial charge in [0.05, 0.1) is 24.7 Å². The largest absolute Gasteiger partial charge is 0.466 e. The van der Waals surface area contributed by atoms with Gasteiger partial charge in [0, 0.05) is 5.02 Å². The highest BCUT2D eigenvalue weighted by Gasteiger charge is 2.15. The molecule has 0 fully saturated rings. The summed E-state index contributed by atoms with van der Waals surface area (Å²) >= 11 is 6.02. The number of carbonyl (C=O) groups excluding carboxylic acids is 1. The summed E-state index contributed by atoms with van der Waals surface area (Å²) < 4.78 is 4.87. The molecule has 1 rings (SSSR count). The van der Waals surface area contributed by atoms with Crippen molar-refractivity contribution in [2.75, 3.05) is 6.61 Å². The Balaban J connectivity index is 3.13. The summed E-state index contributed by atoms with van der Waals surface area (Å²) in [6.07, 6.45) is 0.777. The van der Waals surface area contributed by atoms with Gasteiger partial charge in [-0.15, -0.1) is 0 Å². The zero-order chi connectivity index (χ0) is 12.8. The van der Waals surface area contributed by atoms with Crippen molar-refractivity contribution < 1.29 is 9.53 Å². The first-order chi connectivity index (χ1) is 8.13. The van der Waals surface area contributed by atoms with Gasteiger partial charge in [-0.1, -0.05) is 24.6 Å². The van der Waals surface area contributed by atoms with Gasteiger partial charge in [-0.05, 0) is 30.5 Å². The van der Waals surface area contributed by atoms with Gasteiger partial charge in [0.25, 0.3) is 0 Å². The number of carbonyl (C=O) groups is 1. The van der Waals surface area contributed by atoms with Crippen LogP contribution >= 0.6 is 11.6 Å². The molecule has 4 heteroatoms. The predicted molar refractivity (Wildman–Crippen MR) is 65.9 cm³/mol. The number of hydrogen-bond acceptors (Lipinski definition) is 3. The van der Waals surface area contributed by atoms with E-state index in [9.17, 15) is 4.79 Å². The van der Waals surface area contributed by atoms with E-state index in [2.05, 4.69) is 6.07 Å². The molecule has 1 aromatic rings. The fourth-order valence-electron chi connectivity index (χ4n) is 1.63. The van der Waals surface area contributed by atoms with Gasteiger partial charge < -0.3 is 4.74 Å². The van der Waals surface area contributed by atoms with Gasteiger partial charge in [0.2, 0.25) is 0 Å². The molecule has 17 heavy (non-hydrogen) atoms. The number of hydrogen-bond donors (Lipinski definition) is 0. The number of halogens is 1. The molecule has 0 unspecified atom stereocenters. The van der Waals surface area contributed by atoms with Crippen molar-refractivity contribution in [3.63, 3.8) is 0 Å². The molecule has 0 saturated heterocycles. The summed E-state index contributed by atoms with van der Waals surface area (Å²) in [5.41, 5.74) is 1.95. The van der Waals surface area contributed by atoms with Crippen LogP contribution in [0.5, 0.6) is 0 Å². The summed E-state index contributed by atoms with van der Waals surface area (Å²) in [5, 5.41) is 9.57. The summed E-state index contributed by atoms with van der Waals surface area (Å²) in [5.74, 6) is -0.362. The van der Waals surface area contributed by atoms with E-state index in [1.165, 1.54) is 0 Å². The fourth-order valence-corrected chi connectivity index (χ4v) is 1.86. The molecule has 0 saturated carbocycles. The Labute approximate surface area is 106 Å². The maximum atomic E-state index is 11.4. The molecule has 0 heterocycles. The van der Waals surface area contributed by atoms with Crippen LogP contribution in [0.1, 0.15) is 30.5 Å². The van der Waals surface area contributed by atoms with Crippen LogP contribution in [0.2, 0.25) is 5.02 Å². The molecule has 90 valence electrons. The number of benzene rings is 1. The van der Waals surface area contributed by atoms with E-state index >= 15 is 0 Å². The lowest BCUT2D eigenvalue weighted by atomic mass is 9.98. The Bertz CT molecular complexity index is 463. The number of esters is 1. The van der Waals surface area contributed by atoms with E-state index in [1.54, 1.807) is 13.0 Å². The Morgan fingerprint density at radius 3 is 2.71 bits per heavy atom. The maximum absolute atomic E-state index is 11.4. The molecule has 0 amide bonds. The van der Waals surface area contributed by atoms with Crippen molar-refractivity contribution in [1.82, 2.24) is 0 Å². The minimum Gasteiger partial charge on any atom is -0.466 e.